The van der Waals surface area contributed by atoms with Crippen LogP contribution < -0.4 is 5.73 Å². The molecule has 1 aliphatic rings. The molecule has 0 aliphatic carbocycles. The van der Waals surface area contributed by atoms with Crippen LogP contribution in [0.5, 0.6) is 5.75 Å². The average molecular weight is 306 g/mol. The van der Waals surface area contributed by atoms with E-state index in [9.17, 15) is 15.2 Å². The molecule has 1 aliphatic heterocycles. The minimum Gasteiger partial charge on any atom is -0.507 e. The highest BCUT2D eigenvalue weighted by molar-refractivity contribution is 6.30. The number of carbonyl (C=O) groups is 1. The number of phenols is 1. The number of phenolic OH excluding ortho intramolecular Hbond substituents is 1. The van der Waals surface area contributed by atoms with Gasteiger partial charge < -0.3 is 15.7 Å². The van der Waals surface area contributed by atoms with Crippen LogP contribution >= 0.6 is 11.6 Å². The van der Waals surface area contributed by atoms with Crippen LogP contribution in [0.3, 0.4) is 0 Å². The summed E-state index contributed by atoms with van der Waals surface area (Å²) in [6.45, 7) is 1.08. The number of nitrogens with two attached hydrogens (primary N) is 1. The Labute approximate surface area is 128 Å². The fraction of sp³-hybridized carbons (Fsp3) is 0.333. The molecular formula is C15H16ClN3O2. The molecule has 1 amide bonds. The van der Waals surface area contributed by atoms with Gasteiger partial charge in [0.1, 0.15) is 17.4 Å². The molecule has 0 atom stereocenters. The lowest BCUT2D eigenvalue weighted by Crippen LogP contribution is -2.43. The Hall–Kier alpha value is -2.03. The zero-order chi connectivity index (χ0) is 15.4. The maximum Gasteiger partial charge on any atom is 0.264 e. The fourth-order valence-corrected chi connectivity index (χ4v) is 2.39. The summed E-state index contributed by atoms with van der Waals surface area (Å²) in [6.07, 6.45) is 2.82. The van der Waals surface area contributed by atoms with Gasteiger partial charge in [-0.3, -0.25) is 4.79 Å². The number of halogens is 1. The number of aromatic hydroxyl groups is 1. The molecule has 0 aromatic heterocycles. The number of benzene rings is 1. The topological polar surface area (TPSA) is 90.3 Å². The van der Waals surface area contributed by atoms with E-state index in [2.05, 4.69) is 0 Å². The first kappa shape index (κ1) is 15.4. The van der Waals surface area contributed by atoms with Crippen LogP contribution in [0, 0.1) is 11.3 Å². The molecule has 0 radical (unpaired) electrons. The van der Waals surface area contributed by atoms with Crippen LogP contribution in [-0.2, 0) is 4.79 Å². The van der Waals surface area contributed by atoms with Gasteiger partial charge in [-0.2, -0.15) is 5.26 Å². The lowest BCUT2D eigenvalue weighted by atomic mass is 10.0. The molecular weight excluding hydrogens is 290 g/mol. The third-order valence-electron chi connectivity index (χ3n) is 3.47. The smallest absolute Gasteiger partial charge is 0.264 e. The SMILES string of the molecule is N#C/C(=C\c1cc(Cl)ccc1O)C(=O)N1CCC(N)CC1. The quantitative estimate of drug-likeness (QED) is 0.645. The maximum absolute atomic E-state index is 12.3. The van der Waals surface area contributed by atoms with Crippen molar-refractivity contribution in [2.45, 2.75) is 18.9 Å². The van der Waals surface area contributed by atoms with Crippen molar-refractivity contribution in [3.8, 4) is 11.8 Å². The van der Waals surface area contributed by atoms with Crippen LogP contribution in [0.1, 0.15) is 18.4 Å². The summed E-state index contributed by atoms with van der Waals surface area (Å²) in [7, 11) is 0. The molecule has 1 heterocycles. The molecule has 1 saturated heterocycles. The number of piperidine rings is 1. The minimum atomic E-state index is -0.344. The molecule has 3 N–H and O–H groups in total. The summed E-state index contributed by atoms with van der Waals surface area (Å²) in [6, 6.07) is 6.47. The summed E-state index contributed by atoms with van der Waals surface area (Å²) >= 11 is 5.86. The Bertz CT molecular complexity index is 614. The van der Waals surface area contributed by atoms with Crippen molar-refractivity contribution >= 4 is 23.6 Å². The van der Waals surface area contributed by atoms with Crippen LogP contribution in [0.2, 0.25) is 5.02 Å². The van der Waals surface area contributed by atoms with Gasteiger partial charge in [-0.05, 0) is 37.1 Å². The summed E-state index contributed by atoms with van der Waals surface area (Å²) in [5.41, 5.74) is 6.12. The van der Waals surface area contributed by atoms with Gasteiger partial charge in [-0.1, -0.05) is 11.6 Å². The van der Waals surface area contributed by atoms with Crippen molar-refractivity contribution in [2.24, 2.45) is 5.73 Å². The largest absolute Gasteiger partial charge is 0.507 e. The Morgan fingerprint density at radius 3 is 2.76 bits per heavy atom. The molecule has 110 valence electrons. The lowest BCUT2D eigenvalue weighted by molar-refractivity contribution is -0.127. The van der Waals surface area contributed by atoms with Crippen LogP contribution in [-0.4, -0.2) is 35.0 Å². The van der Waals surface area contributed by atoms with Gasteiger partial charge in [0.15, 0.2) is 0 Å². The summed E-state index contributed by atoms with van der Waals surface area (Å²) in [5.74, 6) is -0.371. The Kier molecular flexibility index (Phi) is 4.84. The number of likely N-dealkylation sites (tertiary alicyclic amines) is 1. The van der Waals surface area contributed by atoms with Crippen LogP contribution in [0.15, 0.2) is 23.8 Å². The second-order valence-corrected chi connectivity index (χ2v) is 5.44. The van der Waals surface area contributed by atoms with E-state index in [4.69, 9.17) is 17.3 Å². The van der Waals surface area contributed by atoms with Crippen molar-refractivity contribution in [2.75, 3.05) is 13.1 Å². The summed E-state index contributed by atoms with van der Waals surface area (Å²) in [5, 5.41) is 19.4. The first-order valence-corrected chi connectivity index (χ1v) is 7.04. The number of amides is 1. The van der Waals surface area contributed by atoms with Crippen LogP contribution in [0.4, 0.5) is 0 Å². The highest BCUT2D eigenvalue weighted by Crippen LogP contribution is 2.24. The number of rotatable bonds is 2. The van der Waals surface area contributed by atoms with Crippen molar-refractivity contribution in [1.29, 1.82) is 5.26 Å². The van der Waals surface area contributed by atoms with E-state index >= 15 is 0 Å². The monoisotopic (exact) mass is 305 g/mol. The second kappa shape index (κ2) is 6.61. The standard InChI is InChI=1S/C15H16ClN3O2/c16-12-1-2-14(20)10(8-12)7-11(9-17)15(21)19-5-3-13(18)4-6-19/h1-2,7-8,13,20H,3-6,18H2/b11-7+. The average Bonchev–Trinajstić information content (AvgIpc) is 2.48. The first-order chi connectivity index (χ1) is 10.0. The van der Waals surface area contributed by atoms with E-state index in [1.807, 2.05) is 6.07 Å². The maximum atomic E-state index is 12.3. The van der Waals surface area contributed by atoms with E-state index in [1.165, 1.54) is 24.3 Å². The van der Waals surface area contributed by atoms with E-state index in [1.54, 1.807) is 4.90 Å². The molecule has 0 bridgehead atoms. The lowest BCUT2D eigenvalue weighted by Gasteiger charge is -2.29. The van der Waals surface area contributed by atoms with E-state index in [-0.39, 0.29) is 23.3 Å². The molecule has 0 spiro atoms. The van der Waals surface area contributed by atoms with E-state index in [0.29, 0.717) is 23.7 Å². The molecule has 5 nitrogen and oxygen atoms in total. The van der Waals surface area contributed by atoms with E-state index < -0.39 is 0 Å². The molecule has 0 saturated carbocycles. The molecule has 1 aromatic rings. The predicted octanol–water partition coefficient (Wildman–Crippen LogP) is 1.90. The van der Waals surface area contributed by atoms with Gasteiger partial charge >= 0.3 is 0 Å². The number of hydrogen-bond donors (Lipinski definition) is 2. The van der Waals surface area contributed by atoms with Crippen molar-refractivity contribution < 1.29 is 9.90 Å². The number of nitriles is 1. The summed E-state index contributed by atoms with van der Waals surface area (Å²) < 4.78 is 0. The first-order valence-electron chi connectivity index (χ1n) is 6.66. The number of carbonyl (C=O) groups excluding carboxylic acids is 1. The number of nitrogens with zero attached hydrogens (tertiary/aromatic N) is 2. The molecule has 6 heteroatoms. The van der Waals surface area contributed by atoms with Crippen molar-refractivity contribution in [3.63, 3.8) is 0 Å². The highest BCUT2D eigenvalue weighted by Gasteiger charge is 2.23. The highest BCUT2D eigenvalue weighted by atomic mass is 35.5. The Balaban J connectivity index is 2.23. The predicted molar refractivity (Wildman–Crippen MR) is 80.5 cm³/mol. The van der Waals surface area contributed by atoms with Gasteiger partial charge in [0.25, 0.3) is 5.91 Å². The van der Waals surface area contributed by atoms with Crippen molar-refractivity contribution in [1.82, 2.24) is 4.90 Å². The molecule has 1 fully saturated rings. The second-order valence-electron chi connectivity index (χ2n) is 5.00. The van der Waals surface area contributed by atoms with Crippen molar-refractivity contribution in [3.05, 3.63) is 34.4 Å². The third-order valence-corrected chi connectivity index (χ3v) is 3.70. The fourth-order valence-electron chi connectivity index (χ4n) is 2.21. The van der Waals surface area contributed by atoms with Crippen LogP contribution in [0.25, 0.3) is 6.08 Å². The van der Waals surface area contributed by atoms with Gasteiger partial charge in [0, 0.05) is 29.7 Å². The third kappa shape index (κ3) is 3.75. The molecule has 21 heavy (non-hydrogen) atoms. The minimum absolute atomic E-state index is 0.0250. The molecule has 1 aromatic carbocycles. The molecule has 2 rings (SSSR count). The Morgan fingerprint density at radius 1 is 1.48 bits per heavy atom. The Morgan fingerprint density at radius 2 is 2.14 bits per heavy atom. The number of hydrogen-bond acceptors (Lipinski definition) is 4. The zero-order valence-electron chi connectivity index (χ0n) is 11.4. The van der Waals surface area contributed by atoms with E-state index in [0.717, 1.165) is 12.8 Å². The molecule has 0 unspecified atom stereocenters. The van der Waals surface area contributed by atoms with Gasteiger partial charge in [0.05, 0.1) is 0 Å². The van der Waals surface area contributed by atoms with Gasteiger partial charge in [-0.25, -0.2) is 0 Å². The zero-order valence-corrected chi connectivity index (χ0v) is 12.2. The normalized spacial score (nSPS) is 16.6. The summed E-state index contributed by atoms with van der Waals surface area (Å²) in [4.78, 5) is 13.9. The van der Waals surface area contributed by atoms with Gasteiger partial charge in [-0.15, -0.1) is 0 Å². The van der Waals surface area contributed by atoms with Gasteiger partial charge in [0.2, 0.25) is 0 Å².